The average molecular weight is 479 g/mol. The summed E-state index contributed by atoms with van der Waals surface area (Å²) in [5, 5.41) is 6.09. The Morgan fingerprint density at radius 1 is 0.833 bits per heavy atom. The van der Waals surface area contributed by atoms with Crippen LogP contribution >= 0.6 is 0 Å². The Labute approximate surface area is 211 Å². The standard InChI is InChI=1S/C29H30N6O/c1-22(36)31-25-9-7-24(8-10-25)28-15-16-30-29(33-28)32-26-11-13-27(14-12-26)35-19-17-34(18-20-35)21-23-5-3-2-4-6-23/h2-16H,17-21H2,1H3,(H,31,36)(H,30,32,33). The maximum absolute atomic E-state index is 11.2. The zero-order chi connectivity index (χ0) is 24.7. The van der Waals surface area contributed by atoms with E-state index in [1.54, 1.807) is 6.20 Å². The van der Waals surface area contributed by atoms with E-state index in [9.17, 15) is 4.79 Å². The van der Waals surface area contributed by atoms with Gasteiger partial charge < -0.3 is 15.5 Å². The fourth-order valence-electron chi connectivity index (χ4n) is 4.40. The zero-order valence-corrected chi connectivity index (χ0v) is 20.4. The van der Waals surface area contributed by atoms with Gasteiger partial charge in [0, 0.05) is 68.5 Å². The molecule has 0 spiro atoms. The van der Waals surface area contributed by atoms with Gasteiger partial charge in [0.15, 0.2) is 0 Å². The average Bonchev–Trinajstić information content (AvgIpc) is 2.91. The Kier molecular flexibility index (Phi) is 7.19. The third-order valence-corrected chi connectivity index (χ3v) is 6.27. The molecule has 5 rings (SSSR count). The van der Waals surface area contributed by atoms with E-state index in [1.807, 2.05) is 30.3 Å². The van der Waals surface area contributed by atoms with Crippen LogP contribution in [0.1, 0.15) is 12.5 Å². The Hall–Kier alpha value is -4.23. The molecule has 3 aromatic carbocycles. The maximum atomic E-state index is 11.2. The Balaban J connectivity index is 1.17. The van der Waals surface area contributed by atoms with Gasteiger partial charge in [0.25, 0.3) is 0 Å². The van der Waals surface area contributed by atoms with Crippen LogP contribution in [0.15, 0.2) is 91.1 Å². The van der Waals surface area contributed by atoms with E-state index in [2.05, 4.69) is 85.0 Å². The molecular formula is C29H30N6O. The Morgan fingerprint density at radius 2 is 1.53 bits per heavy atom. The molecule has 2 N–H and O–H groups in total. The largest absolute Gasteiger partial charge is 0.369 e. The van der Waals surface area contributed by atoms with Gasteiger partial charge in [-0.05, 0) is 48.0 Å². The van der Waals surface area contributed by atoms with Crippen LogP contribution in [-0.4, -0.2) is 47.0 Å². The second kappa shape index (κ2) is 11.0. The van der Waals surface area contributed by atoms with Crippen molar-refractivity contribution in [1.82, 2.24) is 14.9 Å². The normalized spacial score (nSPS) is 13.9. The van der Waals surface area contributed by atoms with Gasteiger partial charge in [-0.1, -0.05) is 42.5 Å². The molecule has 7 heteroatoms. The highest BCUT2D eigenvalue weighted by atomic mass is 16.1. The molecule has 1 aliphatic rings. The lowest BCUT2D eigenvalue weighted by molar-refractivity contribution is -0.114. The van der Waals surface area contributed by atoms with Crippen LogP contribution in [0.4, 0.5) is 23.0 Å². The van der Waals surface area contributed by atoms with Crippen molar-refractivity contribution in [2.45, 2.75) is 13.5 Å². The fourth-order valence-corrected chi connectivity index (χ4v) is 4.40. The van der Waals surface area contributed by atoms with Gasteiger partial charge in [-0.25, -0.2) is 9.97 Å². The number of hydrogen-bond donors (Lipinski definition) is 2. The van der Waals surface area contributed by atoms with E-state index in [0.29, 0.717) is 5.95 Å². The first-order valence-corrected chi connectivity index (χ1v) is 12.2. The van der Waals surface area contributed by atoms with Crippen molar-refractivity contribution < 1.29 is 4.79 Å². The number of rotatable bonds is 7. The van der Waals surface area contributed by atoms with E-state index in [-0.39, 0.29) is 5.91 Å². The summed E-state index contributed by atoms with van der Waals surface area (Å²) in [4.78, 5) is 25.2. The number of benzene rings is 3. The van der Waals surface area contributed by atoms with Crippen LogP contribution in [0.3, 0.4) is 0 Å². The lowest BCUT2D eigenvalue weighted by Gasteiger charge is -2.36. The summed E-state index contributed by atoms with van der Waals surface area (Å²) in [7, 11) is 0. The predicted molar refractivity (Wildman–Crippen MR) is 145 cm³/mol. The van der Waals surface area contributed by atoms with Crippen LogP contribution in [0.5, 0.6) is 0 Å². The number of anilines is 4. The second-order valence-corrected chi connectivity index (χ2v) is 8.94. The molecule has 1 aliphatic heterocycles. The minimum Gasteiger partial charge on any atom is -0.369 e. The number of carbonyl (C=O) groups is 1. The van der Waals surface area contributed by atoms with Gasteiger partial charge in [0.2, 0.25) is 11.9 Å². The summed E-state index contributed by atoms with van der Waals surface area (Å²) in [6, 6.07) is 28.6. The van der Waals surface area contributed by atoms with Gasteiger partial charge in [0.1, 0.15) is 0 Å². The molecular weight excluding hydrogens is 448 g/mol. The molecule has 0 unspecified atom stereocenters. The molecule has 0 bridgehead atoms. The quantitative estimate of drug-likeness (QED) is 0.382. The topological polar surface area (TPSA) is 73.4 Å². The molecule has 182 valence electrons. The smallest absolute Gasteiger partial charge is 0.227 e. The maximum Gasteiger partial charge on any atom is 0.227 e. The number of carbonyl (C=O) groups excluding carboxylic acids is 1. The van der Waals surface area contributed by atoms with Crippen LogP contribution in [0.25, 0.3) is 11.3 Å². The van der Waals surface area contributed by atoms with E-state index >= 15 is 0 Å². The molecule has 0 saturated carbocycles. The first-order valence-electron chi connectivity index (χ1n) is 12.2. The van der Waals surface area contributed by atoms with Crippen LogP contribution < -0.4 is 15.5 Å². The van der Waals surface area contributed by atoms with Gasteiger partial charge >= 0.3 is 0 Å². The molecule has 1 fully saturated rings. The monoisotopic (exact) mass is 478 g/mol. The number of piperazine rings is 1. The number of nitrogens with zero attached hydrogens (tertiary/aromatic N) is 4. The third-order valence-electron chi connectivity index (χ3n) is 6.27. The van der Waals surface area contributed by atoms with Gasteiger partial charge in [-0.2, -0.15) is 0 Å². The van der Waals surface area contributed by atoms with Gasteiger partial charge in [-0.15, -0.1) is 0 Å². The van der Waals surface area contributed by atoms with E-state index in [1.165, 1.54) is 18.2 Å². The molecule has 1 saturated heterocycles. The molecule has 2 heterocycles. The lowest BCUT2D eigenvalue weighted by atomic mass is 10.1. The summed E-state index contributed by atoms with van der Waals surface area (Å²) in [6.45, 7) is 6.66. The number of aromatic nitrogens is 2. The summed E-state index contributed by atoms with van der Waals surface area (Å²) in [5.41, 5.74) is 6.07. The molecule has 0 aliphatic carbocycles. The second-order valence-electron chi connectivity index (χ2n) is 8.94. The van der Waals surface area contributed by atoms with Crippen molar-refractivity contribution in [3.05, 3.63) is 96.7 Å². The molecule has 1 amide bonds. The zero-order valence-electron chi connectivity index (χ0n) is 20.4. The van der Waals surface area contributed by atoms with Crippen LogP contribution in [0, 0.1) is 0 Å². The third kappa shape index (κ3) is 6.06. The van der Waals surface area contributed by atoms with Crippen LogP contribution in [0.2, 0.25) is 0 Å². The first kappa shape index (κ1) is 23.5. The van der Waals surface area contributed by atoms with E-state index in [0.717, 1.165) is 55.4 Å². The SMILES string of the molecule is CC(=O)Nc1ccc(-c2ccnc(Nc3ccc(N4CCN(Cc5ccccc5)CC4)cc3)n2)cc1. The summed E-state index contributed by atoms with van der Waals surface area (Å²) >= 11 is 0. The predicted octanol–water partition coefficient (Wildman–Crippen LogP) is 5.17. The fraction of sp³-hybridized carbons (Fsp3) is 0.207. The Morgan fingerprint density at radius 3 is 2.22 bits per heavy atom. The minimum atomic E-state index is -0.0902. The number of hydrogen-bond acceptors (Lipinski definition) is 6. The molecule has 1 aromatic heterocycles. The van der Waals surface area contributed by atoms with Gasteiger partial charge in [-0.3, -0.25) is 9.69 Å². The number of amides is 1. The highest BCUT2D eigenvalue weighted by Crippen LogP contribution is 2.24. The van der Waals surface area contributed by atoms with Gasteiger partial charge in [0.05, 0.1) is 5.69 Å². The van der Waals surface area contributed by atoms with Crippen molar-refractivity contribution >= 4 is 28.9 Å². The van der Waals surface area contributed by atoms with Crippen molar-refractivity contribution in [3.63, 3.8) is 0 Å². The molecule has 0 atom stereocenters. The van der Waals surface area contributed by atoms with Crippen molar-refractivity contribution in [3.8, 4) is 11.3 Å². The summed E-state index contributed by atoms with van der Waals surface area (Å²) in [5.74, 6) is 0.452. The summed E-state index contributed by atoms with van der Waals surface area (Å²) in [6.07, 6.45) is 1.75. The van der Waals surface area contributed by atoms with Crippen molar-refractivity contribution in [1.29, 1.82) is 0 Å². The number of nitrogens with one attached hydrogen (secondary N) is 2. The van der Waals surface area contributed by atoms with Crippen molar-refractivity contribution in [2.75, 3.05) is 41.7 Å². The summed E-state index contributed by atoms with van der Waals surface area (Å²) < 4.78 is 0. The Bertz CT molecular complexity index is 1280. The van der Waals surface area contributed by atoms with E-state index in [4.69, 9.17) is 0 Å². The molecule has 7 nitrogen and oxygen atoms in total. The highest BCUT2D eigenvalue weighted by Gasteiger charge is 2.17. The first-order chi connectivity index (χ1) is 17.6. The van der Waals surface area contributed by atoms with E-state index < -0.39 is 0 Å². The van der Waals surface area contributed by atoms with Crippen LogP contribution in [-0.2, 0) is 11.3 Å². The molecule has 36 heavy (non-hydrogen) atoms. The lowest BCUT2D eigenvalue weighted by Crippen LogP contribution is -2.45. The van der Waals surface area contributed by atoms with Crippen molar-refractivity contribution in [2.24, 2.45) is 0 Å². The minimum absolute atomic E-state index is 0.0902. The highest BCUT2D eigenvalue weighted by molar-refractivity contribution is 5.88. The molecule has 0 radical (unpaired) electrons. The molecule has 4 aromatic rings.